The average Bonchev–Trinajstić information content (AvgIpc) is 3.74. The summed E-state index contributed by atoms with van der Waals surface area (Å²) in [6.45, 7) is 0. The lowest BCUT2D eigenvalue weighted by Crippen LogP contribution is -2.26. The second kappa shape index (κ2) is 10.5. The molecule has 0 heteroatoms. The van der Waals surface area contributed by atoms with Gasteiger partial charge in [-0.3, -0.25) is 0 Å². The third-order valence-electron chi connectivity index (χ3n) is 13.7. The molecular formula is C57H32. The van der Waals surface area contributed by atoms with E-state index in [-0.39, 0.29) is 0 Å². The third-order valence-corrected chi connectivity index (χ3v) is 13.7. The molecule has 12 aromatic carbocycles. The molecule has 0 nitrogen and oxygen atoms in total. The summed E-state index contributed by atoms with van der Waals surface area (Å²) >= 11 is 0. The maximum Gasteiger partial charge on any atom is 0.0725 e. The molecule has 0 amide bonds. The van der Waals surface area contributed by atoms with Crippen LogP contribution in [0, 0.1) is 0 Å². The minimum absolute atomic E-state index is 0.448. The molecule has 57 heavy (non-hydrogen) atoms. The number of fused-ring (bicyclic) bond motifs is 10. The monoisotopic (exact) mass is 716 g/mol. The molecule has 14 rings (SSSR count). The van der Waals surface area contributed by atoms with Crippen molar-refractivity contribution in [1.29, 1.82) is 0 Å². The van der Waals surface area contributed by atoms with Gasteiger partial charge in [0.2, 0.25) is 0 Å². The molecule has 0 heterocycles. The predicted molar refractivity (Wildman–Crippen MR) is 241 cm³/mol. The Morgan fingerprint density at radius 2 is 0.544 bits per heavy atom. The zero-order valence-electron chi connectivity index (χ0n) is 31.0. The van der Waals surface area contributed by atoms with Gasteiger partial charge in [0.05, 0.1) is 5.41 Å². The first-order chi connectivity index (χ1) is 28.2. The van der Waals surface area contributed by atoms with Gasteiger partial charge in [-0.05, 0) is 168 Å². The molecule has 0 radical (unpaired) electrons. The van der Waals surface area contributed by atoms with Crippen molar-refractivity contribution in [2.24, 2.45) is 0 Å². The maximum absolute atomic E-state index is 2.52. The largest absolute Gasteiger partial charge is 0.0725 e. The molecule has 0 fully saturated rings. The summed E-state index contributed by atoms with van der Waals surface area (Å²) in [7, 11) is 0. The summed E-state index contributed by atoms with van der Waals surface area (Å²) < 4.78 is 0. The second-order valence-electron chi connectivity index (χ2n) is 16.4. The number of benzene rings is 12. The highest BCUT2D eigenvalue weighted by atomic mass is 14.5. The molecule has 0 bridgehead atoms. The first-order valence-electron chi connectivity index (χ1n) is 20.1. The van der Waals surface area contributed by atoms with Gasteiger partial charge in [-0.1, -0.05) is 158 Å². The Balaban J connectivity index is 1.02. The molecule has 0 atom stereocenters. The Morgan fingerprint density at radius 3 is 0.947 bits per heavy atom. The fraction of sp³-hybridized carbons (Fsp3) is 0.0175. The van der Waals surface area contributed by atoms with E-state index in [4.69, 9.17) is 0 Å². The van der Waals surface area contributed by atoms with Crippen molar-refractivity contribution in [2.75, 3.05) is 0 Å². The SMILES string of the molecule is c1ccc2c(c1)-c1ccc(-c3cc4ccc5cccc6ccc(c3)c4c56)cc1C21c2ccccc2-c2ccc(-c3cc4ccc5cccc6ccc(c3)c4c56)cc21. The molecule has 0 saturated carbocycles. The Morgan fingerprint density at radius 1 is 0.211 bits per heavy atom. The van der Waals surface area contributed by atoms with Crippen molar-refractivity contribution >= 4 is 64.6 Å². The van der Waals surface area contributed by atoms with Crippen molar-refractivity contribution in [3.05, 3.63) is 216 Å². The number of hydrogen-bond donors (Lipinski definition) is 0. The lowest BCUT2D eigenvalue weighted by molar-refractivity contribution is 0.794. The first kappa shape index (κ1) is 30.0. The van der Waals surface area contributed by atoms with Gasteiger partial charge in [-0.25, -0.2) is 0 Å². The highest BCUT2D eigenvalue weighted by molar-refractivity contribution is 6.25. The average molecular weight is 717 g/mol. The van der Waals surface area contributed by atoms with Crippen LogP contribution in [-0.2, 0) is 5.41 Å². The molecule has 2 aliphatic rings. The molecular weight excluding hydrogens is 685 g/mol. The van der Waals surface area contributed by atoms with Crippen LogP contribution in [0.1, 0.15) is 22.3 Å². The van der Waals surface area contributed by atoms with Crippen molar-refractivity contribution in [3.63, 3.8) is 0 Å². The minimum Gasteiger partial charge on any atom is -0.0619 e. The zero-order valence-corrected chi connectivity index (χ0v) is 31.0. The molecule has 0 unspecified atom stereocenters. The highest BCUT2D eigenvalue weighted by Crippen LogP contribution is 2.63. The van der Waals surface area contributed by atoms with Crippen molar-refractivity contribution in [3.8, 4) is 44.5 Å². The quantitative estimate of drug-likeness (QED) is 0.156. The summed E-state index contributed by atoms with van der Waals surface area (Å²) in [5, 5.41) is 15.8. The Bertz CT molecular complexity index is 3320. The van der Waals surface area contributed by atoms with Crippen molar-refractivity contribution in [2.45, 2.75) is 5.41 Å². The minimum atomic E-state index is -0.448. The van der Waals surface area contributed by atoms with Gasteiger partial charge in [0.1, 0.15) is 0 Å². The fourth-order valence-corrected chi connectivity index (χ4v) is 11.3. The summed E-state index contributed by atoms with van der Waals surface area (Å²) in [6.07, 6.45) is 0. The fourth-order valence-electron chi connectivity index (χ4n) is 11.3. The topological polar surface area (TPSA) is 0 Å². The zero-order chi connectivity index (χ0) is 37.0. The van der Waals surface area contributed by atoms with E-state index in [1.165, 1.54) is 131 Å². The van der Waals surface area contributed by atoms with Gasteiger partial charge in [0.15, 0.2) is 0 Å². The van der Waals surface area contributed by atoms with Gasteiger partial charge in [-0.15, -0.1) is 0 Å². The lowest BCUT2D eigenvalue weighted by Gasteiger charge is -2.31. The van der Waals surface area contributed by atoms with Crippen LogP contribution in [0.3, 0.4) is 0 Å². The normalized spacial score (nSPS) is 13.8. The van der Waals surface area contributed by atoms with Gasteiger partial charge < -0.3 is 0 Å². The van der Waals surface area contributed by atoms with Crippen LogP contribution in [0.4, 0.5) is 0 Å². The summed E-state index contributed by atoms with van der Waals surface area (Å²) in [4.78, 5) is 0. The van der Waals surface area contributed by atoms with E-state index >= 15 is 0 Å². The molecule has 2 aliphatic carbocycles. The van der Waals surface area contributed by atoms with Crippen LogP contribution in [0.2, 0.25) is 0 Å². The summed E-state index contributed by atoms with van der Waals surface area (Å²) in [6, 6.07) is 74.1. The number of hydrogen-bond acceptors (Lipinski definition) is 0. The predicted octanol–water partition coefficient (Wildman–Crippen LogP) is 15.2. The van der Waals surface area contributed by atoms with Gasteiger partial charge in [-0.2, -0.15) is 0 Å². The van der Waals surface area contributed by atoms with E-state index in [1.807, 2.05) is 0 Å². The van der Waals surface area contributed by atoms with Crippen LogP contribution >= 0.6 is 0 Å². The van der Waals surface area contributed by atoms with Crippen molar-refractivity contribution < 1.29 is 0 Å². The van der Waals surface area contributed by atoms with Crippen molar-refractivity contribution in [1.82, 2.24) is 0 Å². The Hall–Kier alpha value is -7.28. The van der Waals surface area contributed by atoms with E-state index in [0.29, 0.717) is 0 Å². The lowest BCUT2D eigenvalue weighted by atomic mass is 9.70. The van der Waals surface area contributed by atoms with Crippen LogP contribution in [0.15, 0.2) is 194 Å². The Kier molecular flexibility index (Phi) is 5.53. The molecule has 0 N–H and O–H groups in total. The highest BCUT2D eigenvalue weighted by Gasteiger charge is 2.51. The Labute approximate surface area is 329 Å². The molecule has 1 spiro atoms. The molecule has 0 saturated heterocycles. The standard InChI is InChI=1S/C57H32/c1-3-13-49-45(11-1)47-25-23-37(43-27-39-19-15-33-7-5-8-34-16-20-40(28-43)55(39)53(33)34)31-51(47)57(49)50-14-4-2-12-46(50)48-26-24-38(32-52(48)57)44-29-41-21-17-35-9-6-10-36-18-22-42(30-44)56(41)54(35)36/h1-32H. The van der Waals surface area contributed by atoms with E-state index in [0.717, 1.165) is 0 Å². The second-order valence-corrected chi connectivity index (χ2v) is 16.4. The van der Waals surface area contributed by atoms with Crippen LogP contribution < -0.4 is 0 Å². The molecule has 0 aromatic heterocycles. The maximum atomic E-state index is 2.52. The van der Waals surface area contributed by atoms with Gasteiger partial charge >= 0.3 is 0 Å². The third kappa shape index (κ3) is 3.74. The van der Waals surface area contributed by atoms with Crippen LogP contribution in [0.25, 0.3) is 109 Å². The van der Waals surface area contributed by atoms with E-state index in [1.54, 1.807) is 0 Å². The molecule has 260 valence electrons. The molecule has 12 aromatic rings. The molecule has 0 aliphatic heterocycles. The first-order valence-corrected chi connectivity index (χ1v) is 20.1. The van der Waals surface area contributed by atoms with Crippen LogP contribution in [-0.4, -0.2) is 0 Å². The van der Waals surface area contributed by atoms with E-state index < -0.39 is 5.41 Å². The summed E-state index contributed by atoms with van der Waals surface area (Å²) in [5.74, 6) is 0. The van der Waals surface area contributed by atoms with Crippen LogP contribution in [0.5, 0.6) is 0 Å². The van der Waals surface area contributed by atoms with E-state index in [9.17, 15) is 0 Å². The van der Waals surface area contributed by atoms with Gasteiger partial charge in [0.25, 0.3) is 0 Å². The number of rotatable bonds is 2. The summed E-state index contributed by atoms with van der Waals surface area (Å²) in [5.41, 5.74) is 15.3. The smallest absolute Gasteiger partial charge is 0.0619 e. The van der Waals surface area contributed by atoms with E-state index in [2.05, 4.69) is 194 Å². The van der Waals surface area contributed by atoms with Gasteiger partial charge in [0, 0.05) is 0 Å².